The molecule has 102 valence electrons. The Hall–Kier alpha value is -0.870. The number of ether oxygens (including phenoxy) is 1. The summed E-state index contributed by atoms with van der Waals surface area (Å²) in [5.41, 5.74) is -0.394. The molecule has 1 N–H and O–H groups in total. The van der Waals surface area contributed by atoms with Gasteiger partial charge in [0.2, 0.25) is 0 Å². The molecule has 0 amide bonds. The molecule has 4 heteroatoms. The lowest BCUT2D eigenvalue weighted by molar-refractivity contribution is -0.154. The van der Waals surface area contributed by atoms with Crippen molar-refractivity contribution in [3.63, 3.8) is 0 Å². The number of carbonyl (C=O) groups excluding carboxylic acids is 1. The molecule has 1 aromatic rings. The van der Waals surface area contributed by atoms with Gasteiger partial charge in [-0.1, -0.05) is 13.0 Å². The van der Waals surface area contributed by atoms with E-state index in [1.807, 2.05) is 20.8 Å². The Balaban J connectivity index is 2.30. The molecule has 18 heavy (non-hydrogen) atoms. The van der Waals surface area contributed by atoms with Crippen molar-refractivity contribution in [2.45, 2.75) is 52.2 Å². The first kappa shape index (κ1) is 15.2. The van der Waals surface area contributed by atoms with Gasteiger partial charge in [0.15, 0.2) is 0 Å². The van der Waals surface area contributed by atoms with Gasteiger partial charge in [0.1, 0.15) is 5.60 Å². The van der Waals surface area contributed by atoms with Crippen molar-refractivity contribution in [1.82, 2.24) is 5.32 Å². The maximum absolute atomic E-state index is 11.6. The summed E-state index contributed by atoms with van der Waals surface area (Å²) in [5.74, 6) is -0.143. The van der Waals surface area contributed by atoms with Gasteiger partial charge in [-0.05, 0) is 38.6 Å². The van der Waals surface area contributed by atoms with Crippen LogP contribution < -0.4 is 5.32 Å². The molecule has 0 bridgehead atoms. The van der Waals surface area contributed by atoms with Gasteiger partial charge in [-0.3, -0.25) is 4.79 Å². The molecule has 0 aliphatic heterocycles. The minimum absolute atomic E-state index is 0.143. The van der Waals surface area contributed by atoms with Crippen LogP contribution in [0.15, 0.2) is 17.5 Å². The standard InChI is InChI=1S/C14H23NO2S/c1-5-11(12-7-6-10-18-12)15-9-8-13(16)17-14(2,3)4/h6-7,10-11,15H,5,8-9H2,1-4H3. The number of rotatable bonds is 6. The molecule has 1 heterocycles. The number of esters is 1. The average molecular weight is 269 g/mol. The van der Waals surface area contributed by atoms with Gasteiger partial charge >= 0.3 is 5.97 Å². The first-order valence-electron chi connectivity index (χ1n) is 6.41. The third kappa shape index (κ3) is 5.65. The summed E-state index contributed by atoms with van der Waals surface area (Å²) in [6, 6.07) is 4.52. The molecule has 1 atom stereocenters. The van der Waals surface area contributed by atoms with E-state index in [2.05, 4.69) is 29.8 Å². The van der Waals surface area contributed by atoms with Crippen LogP contribution in [0.4, 0.5) is 0 Å². The predicted molar refractivity (Wildman–Crippen MR) is 75.8 cm³/mol. The number of thiophene rings is 1. The summed E-state index contributed by atoms with van der Waals surface area (Å²) < 4.78 is 5.27. The zero-order valence-electron chi connectivity index (χ0n) is 11.7. The van der Waals surface area contributed by atoms with Crippen molar-refractivity contribution in [1.29, 1.82) is 0 Å². The fourth-order valence-corrected chi connectivity index (χ4v) is 2.56. The van der Waals surface area contributed by atoms with E-state index in [1.54, 1.807) is 11.3 Å². The van der Waals surface area contributed by atoms with Crippen LogP contribution in [-0.2, 0) is 9.53 Å². The van der Waals surface area contributed by atoms with Crippen molar-refractivity contribution in [3.8, 4) is 0 Å². The topological polar surface area (TPSA) is 38.3 Å². The largest absolute Gasteiger partial charge is 0.460 e. The fraction of sp³-hybridized carbons (Fsp3) is 0.643. The summed E-state index contributed by atoms with van der Waals surface area (Å²) in [6.07, 6.45) is 1.44. The Kier molecular flexibility index (Phi) is 5.82. The van der Waals surface area contributed by atoms with Crippen molar-refractivity contribution >= 4 is 17.3 Å². The number of carbonyl (C=O) groups is 1. The molecule has 0 saturated heterocycles. The molecule has 0 fully saturated rings. The minimum Gasteiger partial charge on any atom is -0.460 e. The van der Waals surface area contributed by atoms with Gasteiger partial charge in [0.05, 0.1) is 6.42 Å². The molecule has 1 unspecified atom stereocenters. The second-order valence-corrected chi connectivity index (χ2v) is 6.25. The summed E-state index contributed by atoms with van der Waals surface area (Å²) in [7, 11) is 0. The highest BCUT2D eigenvalue weighted by Crippen LogP contribution is 2.21. The predicted octanol–water partition coefficient (Wildman–Crippen LogP) is 3.52. The van der Waals surface area contributed by atoms with Gasteiger partial charge in [-0.15, -0.1) is 11.3 Å². The summed E-state index contributed by atoms with van der Waals surface area (Å²) in [6.45, 7) is 8.46. The average Bonchev–Trinajstić information content (AvgIpc) is 2.75. The summed E-state index contributed by atoms with van der Waals surface area (Å²) >= 11 is 1.75. The SMILES string of the molecule is CCC(NCCC(=O)OC(C)(C)C)c1cccs1. The zero-order chi connectivity index (χ0) is 13.6. The zero-order valence-corrected chi connectivity index (χ0v) is 12.5. The Labute approximate surface area is 114 Å². The second-order valence-electron chi connectivity index (χ2n) is 5.27. The number of hydrogen-bond acceptors (Lipinski definition) is 4. The fourth-order valence-electron chi connectivity index (χ4n) is 1.68. The van der Waals surface area contributed by atoms with Crippen molar-refractivity contribution in [3.05, 3.63) is 22.4 Å². The van der Waals surface area contributed by atoms with Gasteiger partial charge in [-0.25, -0.2) is 0 Å². The van der Waals surface area contributed by atoms with Crippen LogP contribution in [0.3, 0.4) is 0 Å². The van der Waals surface area contributed by atoms with Crippen LogP contribution in [0.5, 0.6) is 0 Å². The summed E-state index contributed by atoms with van der Waals surface area (Å²) in [5, 5.41) is 5.47. The van der Waals surface area contributed by atoms with Crippen LogP contribution >= 0.6 is 11.3 Å². The molecule has 0 radical (unpaired) electrons. The molecule has 0 aliphatic rings. The normalized spacial score (nSPS) is 13.3. The van der Waals surface area contributed by atoms with Crippen LogP contribution in [0, 0.1) is 0 Å². The lowest BCUT2D eigenvalue weighted by atomic mass is 10.2. The van der Waals surface area contributed by atoms with Gasteiger partial charge in [0, 0.05) is 17.5 Å². The van der Waals surface area contributed by atoms with Gasteiger partial charge in [-0.2, -0.15) is 0 Å². The van der Waals surface area contributed by atoms with Crippen LogP contribution in [-0.4, -0.2) is 18.1 Å². The van der Waals surface area contributed by atoms with Gasteiger partial charge < -0.3 is 10.1 Å². The molecule has 0 aliphatic carbocycles. The van der Waals surface area contributed by atoms with E-state index >= 15 is 0 Å². The highest BCUT2D eigenvalue weighted by Gasteiger charge is 2.16. The Morgan fingerprint density at radius 1 is 1.50 bits per heavy atom. The molecule has 1 rings (SSSR count). The van der Waals surface area contributed by atoms with Crippen LogP contribution in [0.1, 0.15) is 51.5 Å². The molecule has 0 aromatic carbocycles. The second kappa shape index (κ2) is 6.90. The smallest absolute Gasteiger partial charge is 0.307 e. The maximum atomic E-state index is 11.6. The molecular weight excluding hydrogens is 246 g/mol. The first-order chi connectivity index (χ1) is 8.42. The van der Waals surface area contributed by atoms with E-state index in [9.17, 15) is 4.79 Å². The highest BCUT2D eigenvalue weighted by molar-refractivity contribution is 7.10. The minimum atomic E-state index is -0.394. The third-order valence-corrected chi connectivity index (χ3v) is 3.42. The van der Waals surface area contributed by atoms with E-state index in [0.717, 1.165) is 6.42 Å². The monoisotopic (exact) mass is 269 g/mol. The molecule has 0 saturated carbocycles. The quantitative estimate of drug-likeness (QED) is 0.803. The molecule has 3 nitrogen and oxygen atoms in total. The molecular formula is C14H23NO2S. The Bertz CT molecular complexity index is 354. The maximum Gasteiger partial charge on any atom is 0.307 e. The Morgan fingerprint density at radius 2 is 2.22 bits per heavy atom. The number of nitrogens with one attached hydrogen (secondary N) is 1. The lowest BCUT2D eigenvalue weighted by Crippen LogP contribution is -2.28. The van der Waals surface area contributed by atoms with E-state index in [4.69, 9.17) is 4.74 Å². The summed E-state index contributed by atoms with van der Waals surface area (Å²) in [4.78, 5) is 12.9. The van der Waals surface area contributed by atoms with Crippen LogP contribution in [0.2, 0.25) is 0 Å². The van der Waals surface area contributed by atoms with E-state index in [0.29, 0.717) is 19.0 Å². The van der Waals surface area contributed by atoms with E-state index in [-0.39, 0.29) is 5.97 Å². The molecule has 1 aromatic heterocycles. The highest BCUT2D eigenvalue weighted by atomic mass is 32.1. The van der Waals surface area contributed by atoms with E-state index < -0.39 is 5.60 Å². The first-order valence-corrected chi connectivity index (χ1v) is 7.29. The van der Waals surface area contributed by atoms with Crippen molar-refractivity contribution in [2.75, 3.05) is 6.54 Å². The van der Waals surface area contributed by atoms with Crippen molar-refractivity contribution < 1.29 is 9.53 Å². The van der Waals surface area contributed by atoms with Crippen LogP contribution in [0.25, 0.3) is 0 Å². The lowest BCUT2D eigenvalue weighted by Gasteiger charge is -2.20. The van der Waals surface area contributed by atoms with Gasteiger partial charge in [0.25, 0.3) is 0 Å². The Morgan fingerprint density at radius 3 is 2.72 bits per heavy atom. The van der Waals surface area contributed by atoms with Crippen molar-refractivity contribution in [2.24, 2.45) is 0 Å². The van der Waals surface area contributed by atoms with E-state index in [1.165, 1.54) is 4.88 Å². The molecule has 0 spiro atoms. The number of hydrogen-bond donors (Lipinski definition) is 1. The third-order valence-electron chi connectivity index (χ3n) is 2.43.